The summed E-state index contributed by atoms with van der Waals surface area (Å²) in [4.78, 5) is 17.0. The van der Waals surface area contributed by atoms with Gasteiger partial charge in [-0.1, -0.05) is 49.7 Å². The highest BCUT2D eigenvalue weighted by Gasteiger charge is 2.35. The summed E-state index contributed by atoms with van der Waals surface area (Å²) >= 11 is 6.24. The van der Waals surface area contributed by atoms with E-state index in [4.69, 9.17) is 11.6 Å². The molecule has 0 spiro atoms. The molecule has 0 atom stereocenters. The lowest BCUT2D eigenvalue weighted by atomic mass is 10.1. The van der Waals surface area contributed by atoms with E-state index in [0.29, 0.717) is 29.9 Å². The number of halogens is 4. The summed E-state index contributed by atoms with van der Waals surface area (Å²) in [7, 11) is 0. The molecule has 3 aromatic rings. The van der Waals surface area contributed by atoms with Crippen LogP contribution in [0.3, 0.4) is 0 Å². The third kappa shape index (κ3) is 5.80. The van der Waals surface area contributed by atoms with Crippen LogP contribution in [0.4, 0.5) is 13.2 Å². The first-order valence-electron chi connectivity index (χ1n) is 11.2. The van der Waals surface area contributed by atoms with Crippen LogP contribution in [-0.2, 0) is 6.18 Å². The van der Waals surface area contributed by atoms with Crippen molar-refractivity contribution in [3.05, 3.63) is 70.9 Å². The van der Waals surface area contributed by atoms with Crippen LogP contribution in [0.25, 0.3) is 16.9 Å². The topological polar surface area (TPSA) is 41.4 Å². The molecule has 0 saturated heterocycles. The molecule has 1 aromatic heterocycles. The monoisotopic (exact) mass is 492 g/mol. The number of likely N-dealkylation sites (N-methyl/N-ethyl adjacent to an activating group) is 2. The maximum Gasteiger partial charge on any atom is 0.435 e. The van der Waals surface area contributed by atoms with E-state index >= 15 is 0 Å². The van der Waals surface area contributed by atoms with Crippen LogP contribution in [0.15, 0.2) is 54.6 Å². The number of carbonyl (C=O) groups is 1. The Morgan fingerprint density at radius 2 is 1.62 bits per heavy atom. The number of carbonyl (C=O) groups excluding carboxylic acids is 1. The Kier molecular flexibility index (Phi) is 8.38. The van der Waals surface area contributed by atoms with Crippen molar-refractivity contribution in [3.8, 4) is 16.9 Å². The van der Waals surface area contributed by atoms with E-state index in [2.05, 4.69) is 23.8 Å². The second kappa shape index (κ2) is 11.1. The number of benzene rings is 2. The van der Waals surface area contributed by atoms with Crippen molar-refractivity contribution in [2.45, 2.75) is 26.9 Å². The molecule has 34 heavy (non-hydrogen) atoms. The van der Waals surface area contributed by atoms with Crippen LogP contribution in [0.2, 0.25) is 5.02 Å². The number of hydrogen-bond acceptors (Lipinski definition) is 3. The fourth-order valence-corrected chi connectivity index (χ4v) is 3.92. The van der Waals surface area contributed by atoms with Gasteiger partial charge in [0, 0.05) is 30.8 Å². The second-order valence-corrected chi connectivity index (χ2v) is 8.17. The molecule has 0 bridgehead atoms. The zero-order chi connectivity index (χ0) is 24.9. The Bertz CT molecular complexity index is 1110. The maximum absolute atomic E-state index is 13.4. The molecule has 0 radical (unpaired) electrons. The first-order valence-corrected chi connectivity index (χ1v) is 11.6. The highest BCUT2D eigenvalue weighted by molar-refractivity contribution is 6.32. The van der Waals surface area contributed by atoms with Crippen molar-refractivity contribution in [3.63, 3.8) is 0 Å². The number of rotatable bonds is 9. The molecule has 0 saturated carbocycles. The summed E-state index contributed by atoms with van der Waals surface area (Å²) in [5.41, 5.74) is 0.517. The molecular formula is C25H28ClF3N4O. The third-order valence-corrected chi connectivity index (χ3v) is 6.08. The van der Waals surface area contributed by atoms with E-state index in [0.717, 1.165) is 25.7 Å². The third-order valence-electron chi connectivity index (χ3n) is 5.76. The summed E-state index contributed by atoms with van der Waals surface area (Å²) in [5, 5.41) is 4.05. The minimum Gasteiger partial charge on any atom is -0.338 e. The first-order chi connectivity index (χ1) is 16.2. The molecule has 182 valence electrons. The van der Waals surface area contributed by atoms with Gasteiger partial charge in [0.05, 0.1) is 16.4 Å². The fraction of sp³-hybridized carbons (Fsp3) is 0.360. The minimum absolute atomic E-state index is 0.114. The van der Waals surface area contributed by atoms with Crippen molar-refractivity contribution in [1.29, 1.82) is 0 Å². The molecule has 3 rings (SSSR count). The van der Waals surface area contributed by atoms with Crippen molar-refractivity contribution in [2.75, 3.05) is 32.7 Å². The molecule has 0 aliphatic rings. The van der Waals surface area contributed by atoms with Gasteiger partial charge in [0.1, 0.15) is 0 Å². The molecule has 1 heterocycles. The van der Waals surface area contributed by atoms with Gasteiger partial charge in [0.2, 0.25) is 0 Å². The molecule has 0 N–H and O–H groups in total. The molecule has 0 fully saturated rings. The molecule has 1 amide bonds. The standard InChI is InChI=1S/C25H28ClF3N4O/c1-4-31(5-2)15-16-32(6-3)24(34)19-13-11-18(12-14-19)22-17-23(25(27,28)29)30-33(22)21-10-8-7-9-20(21)26/h7-14,17H,4-6,15-16H2,1-3H3. The Labute approximate surface area is 202 Å². The molecular weight excluding hydrogens is 465 g/mol. The number of nitrogens with zero attached hydrogens (tertiary/aromatic N) is 4. The van der Waals surface area contributed by atoms with Gasteiger partial charge in [-0.3, -0.25) is 4.79 Å². The van der Waals surface area contributed by atoms with Gasteiger partial charge >= 0.3 is 6.18 Å². The Morgan fingerprint density at radius 1 is 0.971 bits per heavy atom. The number of hydrogen-bond donors (Lipinski definition) is 0. The quantitative estimate of drug-likeness (QED) is 0.367. The van der Waals surface area contributed by atoms with Crippen LogP contribution in [-0.4, -0.2) is 58.2 Å². The summed E-state index contributed by atoms with van der Waals surface area (Å²) in [6.45, 7) is 9.86. The highest BCUT2D eigenvalue weighted by atomic mass is 35.5. The van der Waals surface area contributed by atoms with E-state index < -0.39 is 11.9 Å². The van der Waals surface area contributed by atoms with Crippen LogP contribution in [0.1, 0.15) is 36.8 Å². The van der Waals surface area contributed by atoms with Crippen LogP contribution < -0.4 is 0 Å². The lowest BCUT2D eigenvalue weighted by Gasteiger charge is -2.25. The van der Waals surface area contributed by atoms with Gasteiger partial charge < -0.3 is 9.80 Å². The van der Waals surface area contributed by atoms with Gasteiger partial charge in [-0.25, -0.2) is 4.68 Å². The van der Waals surface area contributed by atoms with Gasteiger partial charge in [-0.15, -0.1) is 0 Å². The number of para-hydroxylation sites is 1. The van der Waals surface area contributed by atoms with Crippen molar-refractivity contribution in [1.82, 2.24) is 19.6 Å². The minimum atomic E-state index is -4.61. The van der Waals surface area contributed by atoms with E-state index in [1.54, 1.807) is 53.4 Å². The summed E-state index contributed by atoms with van der Waals surface area (Å²) < 4.78 is 41.5. The highest BCUT2D eigenvalue weighted by Crippen LogP contribution is 2.34. The molecule has 2 aromatic carbocycles. The fourth-order valence-electron chi connectivity index (χ4n) is 3.70. The average Bonchev–Trinajstić information content (AvgIpc) is 3.28. The summed E-state index contributed by atoms with van der Waals surface area (Å²) in [5.74, 6) is -0.114. The lowest BCUT2D eigenvalue weighted by Crippen LogP contribution is -2.38. The van der Waals surface area contributed by atoms with Gasteiger partial charge in [-0.05, 0) is 50.3 Å². The smallest absolute Gasteiger partial charge is 0.338 e. The van der Waals surface area contributed by atoms with E-state index in [1.807, 2.05) is 6.92 Å². The Balaban J connectivity index is 1.91. The molecule has 9 heteroatoms. The number of aromatic nitrogens is 2. The first kappa shape index (κ1) is 25.8. The van der Waals surface area contributed by atoms with Crippen LogP contribution >= 0.6 is 11.6 Å². The predicted molar refractivity (Wildman–Crippen MR) is 128 cm³/mol. The second-order valence-electron chi connectivity index (χ2n) is 7.76. The lowest BCUT2D eigenvalue weighted by molar-refractivity contribution is -0.141. The molecule has 0 aliphatic carbocycles. The van der Waals surface area contributed by atoms with Crippen molar-refractivity contribution < 1.29 is 18.0 Å². The molecule has 0 unspecified atom stereocenters. The zero-order valence-electron chi connectivity index (χ0n) is 19.4. The van der Waals surface area contributed by atoms with Gasteiger partial charge in [-0.2, -0.15) is 18.3 Å². The number of alkyl halides is 3. The average molecular weight is 493 g/mol. The maximum atomic E-state index is 13.4. The largest absolute Gasteiger partial charge is 0.435 e. The molecule has 0 aliphatic heterocycles. The Hall–Kier alpha value is -2.84. The molecule has 5 nitrogen and oxygen atoms in total. The predicted octanol–water partition coefficient (Wildman–Crippen LogP) is 6.02. The van der Waals surface area contributed by atoms with E-state index in [1.165, 1.54) is 4.68 Å². The van der Waals surface area contributed by atoms with Crippen LogP contribution in [0, 0.1) is 0 Å². The van der Waals surface area contributed by atoms with E-state index in [-0.39, 0.29) is 16.6 Å². The normalized spacial score (nSPS) is 11.8. The van der Waals surface area contributed by atoms with Crippen molar-refractivity contribution >= 4 is 17.5 Å². The SMILES string of the molecule is CCN(CC)CCN(CC)C(=O)c1ccc(-c2cc(C(F)(F)F)nn2-c2ccccc2Cl)cc1. The van der Waals surface area contributed by atoms with Gasteiger partial charge in [0.15, 0.2) is 5.69 Å². The summed E-state index contributed by atoms with van der Waals surface area (Å²) in [6, 6.07) is 14.1. The summed E-state index contributed by atoms with van der Waals surface area (Å²) in [6.07, 6.45) is -4.61. The zero-order valence-corrected chi connectivity index (χ0v) is 20.2. The van der Waals surface area contributed by atoms with Crippen LogP contribution in [0.5, 0.6) is 0 Å². The van der Waals surface area contributed by atoms with E-state index in [9.17, 15) is 18.0 Å². The van der Waals surface area contributed by atoms with Crippen molar-refractivity contribution in [2.24, 2.45) is 0 Å². The van der Waals surface area contributed by atoms with Gasteiger partial charge in [0.25, 0.3) is 5.91 Å². The Morgan fingerprint density at radius 3 is 2.18 bits per heavy atom. The number of amides is 1.